The van der Waals surface area contributed by atoms with Gasteiger partial charge in [-0.1, -0.05) is 0 Å². The summed E-state index contributed by atoms with van der Waals surface area (Å²) in [5, 5.41) is 20.3. The van der Waals surface area contributed by atoms with Crippen LogP contribution < -0.4 is 14.2 Å². The van der Waals surface area contributed by atoms with Crippen LogP contribution in [0, 0.1) is 13.8 Å². The molecule has 0 radical (unpaired) electrons. The lowest BCUT2D eigenvalue weighted by Gasteiger charge is -2.18. The van der Waals surface area contributed by atoms with Crippen molar-refractivity contribution < 1.29 is 28.1 Å². The summed E-state index contributed by atoms with van der Waals surface area (Å²) < 4.78 is 36.4. The van der Waals surface area contributed by atoms with Crippen LogP contribution in [0.2, 0.25) is 0 Å². The molecule has 0 aliphatic carbocycles. The number of anilines is 1. The summed E-state index contributed by atoms with van der Waals surface area (Å²) in [6.07, 6.45) is 0.190. The number of halogens is 1. The lowest BCUT2D eigenvalue weighted by atomic mass is 9.97. The second-order valence-corrected chi connectivity index (χ2v) is 8.35. The minimum atomic E-state index is -3.77. The molecule has 0 heterocycles. The Morgan fingerprint density at radius 2 is 1.67 bits per heavy atom. The molecule has 2 aromatic carbocycles. The highest BCUT2D eigenvalue weighted by Crippen LogP contribution is 2.40. The molecule has 9 heteroatoms. The molecule has 0 saturated carbocycles. The van der Waals surface area contributed by atoms with Crippen LogP contribution in [0.3, 0.4) is 0 Å². The number of benzene rings is 2. The second kappa shape index (κ2) is 8.14. The van der Waals surface area contributed by atoms with E-state index < -0.39 is 15.2 Å². The molecule has 0 aromatic heterocycles. The van der Waals surface area contributed by atoms with E-state index in [0.717, 1.165) is 0 Å². The number of nitrogens with one attached hydrogen (secondary N) is 1. The molecular weight excluding hydrogens is 394 g/mol. The zero-order valence-corrected chi connectivity index (χ0v) is 17.0. The molecule has 27 heavy (non-hydrogen) atoms. The van der Waals surface area contributed by atoms with Gasteiger partial charge in [0.2, 0.25) is 10.0 Å². The number of phenols is 2. The van der Waals surface area contributed by atoms with Gasteiger partial charge in [-0.25, -0.2) is 8.42 Å². The zero-order chi connectivity index (χ0) is 20.4. The van der Waals surface area contributed by atoms with Gasteiger partial charge in [-0.15, -0.1) is 11.6 Å². The fourth-order valence-electron chi connectivity index (χ4n) is 2.72. The number of sulfonamides is 1. The zero-order valence-electron chi connectivity index (χ0n) is 15.5. The fraction of sp³-hybridized carbons (Fsp3) is 0.333. The van der Waals surface area contributed by atoms with Gasteiger partial charge >= 0.3 is 0 Å². The summed E-state index contributed by atoms with van der Waals surface area (Å²) in [5.41, 5.74) is 2.06. The number of hydrogen-bond acceptors (Lipinski definition) is 6. The van der Waals surface area contributed by atoms with Crippen molar-refractivity contribution in [2.24, 2.45) is 0 Å². The van der Waals surface area contributed by atoms with E-state index in [4.69, 9.17) is 21.1 Å². The van der Waals surface area contributed by atoms with Crippen molar-refractivity contribution in [3.05, 3.63) is 40.5 Å². The number of aromatic hydroxyl groups is 2. The number of alkyl halides is 1. The summed E-state index contributed by atoms with van der Waals surface area (Å²) in [5.74, 6) is 0.796. The van der Waals surface area contributed by atoms with E-state index in [1.54, 1.807) is 26.0 Å². The van der Waals surface area contributed by atoms with Gasteiger partial charge in [-0.3, -0.25) is 4.72 Å². The monoisotopic (exact) mass is 415 g/mol. The highest BCUT2D eigenvalue weighted by Gasteiger charge is 2.21. The van der Waals surface area contributed by atoms with Crippen molar-refractivity contribution in [2.45, 2.75) is 20.3 Å². The third-order valence-corrected chi connectivity index (χ3v) is 5.84. The van der Waals surface area contributed by atoms with Crippen molar-refractivity contribution in [3.8, 4) is 23.0 Å². The Morgan fingerprint density at radius 3 is 2.22 bits per heavy atom. The molecule has 2 aromatic rings. The van der Waals surface area contributed by atoms with Crippen LogP contribution in [0.4, 0.5) is 5.69 Å². The Labute approximate surface area is 163 Å². The second-order valence-electron chi connectivity index (χ2n) is 6.04. The van der Waals surface area contributed by atoms with Gasteiger partial charge in [0.15, 0.2) is 0 Å². The average Bonchev–Trinajstić information content (AvgIpc) is 2.64. The summed E-state index contributed by atoms with van der Waals surface area (Å²) >= 11 is 5.44. The van der Waals surface area contributed by atoms with Gasteiger partial charge in [-0.2, -0.15) is 0 Å². The van der Waals surface area contributed by atoms with Gasteiger partial charge in [-0.05, 0) is 37.6 Å². The van der Waals surface area contributed by atoms with Crippen molar-refractivity contribution >= 4 is 27.3 Å². The topological polar surface area (TPSA) is 105 Å². The number of aryl methyl sites for hydroxylation is 1. The maximum atomic E-state index is 11.8. The molecule has 0 aliphatic heterocycles. The highest BCUT2D eigenvalue weighted by molar-refractivity contribution is 7.93. The SMILES string of the molecule is COc1cc(C)c(O)c(Cc2cc(OC)c(NS(=O)(=O)CCl)c(C)c2O)c1. The molecule has 2 rings (SSSR count). The van der Waals surface area contributed by atoms with Gasteiger partial charge in [0, 0.05) is 23.1 Å². The third-order valence-electron chi connectivity index (χ3n) is 4.18. The molecule has 0 amide bonds. The molecule has 7 nitrogen and oxygen atoms in total. The van der Waals surface area contributed by atoms with Gasteiger partial charge < -0.3 is 19.7 Å². The Bertz CT molecular complexity index is 959. The van der Waals surface area contributed by atoms with Crippen molar-refractivity contribution in [1.29, 1.82) is 0 Å². The van der Waals surface area contributed by atoms with Crippen molar-refractivity contribution in [1.82, 2.24) is 0 Å². The summed E-state index contributed by atoms with van der Waals surface area (Å²) in [6.45, 7) is 3.31. The van der Waals surface area contributed by atoms with Gasteiger partial charge in [0.1, 0.15) is 28.2 Å². The molecule has 0 saturated heterocycles. The van der Waals surface area contributed by atoms with Crippen molar-refractivity contribution in [3.63, 3.8) is 0 Å². The molecule has 0 fully saturated rings. The summed E-state index contributed by atoms with van der Waals surface area (Å²) in [7, 11) is -0.854. The molecule has 0 atom stereocenters. The first-order valence-corrected chi connectivity index (χ1v) is 10.1. The first-order chi connectivity index (χ1) is 12.6. The molecular formula is C18H22ClNO6S. The number of ether oxygens (including phenoxy) is 2. The Kier molecular flexibility index (Phi) is 6.33. The van der Waals surface area contributed by atoms with Crippen molar-refractivity contribution in [2.75, 3.05) is 24.2 Å². The van der Waals surface area contributed by atoms with E-state index in [1.165, 1.54) is 20.3 Å². The van der Waals surface area contributed by atoms with E-state index in [9.17, 15) is 18.6 Å². The van der Waals surface area contributed by atoms with Crippen LogP contribution in [0.15, 0.2) is 18.2 Å². The predicted molar refractivity (Wildman–Crippen MR) is 105 cm³/mol. The van der Waals surface area contributed by atoms with E-state index in [2.05, 4.69) is 4.72 Å². The largest absolute Gasteiger partial charge is 0.507 e. The normalized spacial score (nSPS) is 11.3. The van der Waals surface area contributed by atoms with E-state index in [0.29, 0.717) is 22.4 Å². The van der Waals surface area contributed by atoms with E-state index in [1.807, 2.05) is 0 Å². The molecule has 0 unspecified atom stereocenters. The highest BCUT2D eigenvalue weighted by atomic mass is 35.5. The summed E-state index contributed by atoms with van der Waals surface area (Å²) in [4.78, 5) is 0. The Hall–Kier alpha value is -2.32. The Balaban J connectivity index is 2.54. The first kappa shape index (κ1) is 21.0. The number of hydrogen-bond donors (Lipinski definition) is 3. The minimum absolute atomic E-state index is 0.0961. The Morgan fingerprint density at radius 1 is 1.04 bits per heavy atom. The number of rotatable bonds is 7. The van der Waals surface area contributed by atoms with Gasteiger partial charge in [0.25, 0.3) is 0 Å². The molecule has 148 valence electrons. The lowest BCUT2D eigenvalue weighted by molar-refractivity contribution is 0.409. The summed E-state index contributed by atoms with van der Waals surface area (Å²) in [6, 6.07) is 4.89. The molecule has 0 spiro atoms. The minimum Gasteiger partial charge on any atom is -0.507 e. The van der Waals surface area contributed by atoms with Crippen LogP contribution >= 0.6 is 11.6 Å². The number of phenolic OH excluding ortho intramolecular Hbond substituents is 2. The van der Waals surface area contributed by atoms with Crippen LogP contribution in [0.25, 0.3) is 0 Å². The van der Waals surface area contributed by atoms with Crippen LogP contribution in [0.5, 0.6) is 23.0 Å². The fourth-order valence-corrected chi connectivity index (χ4v) is 3.51. The first-order valence-electron chi connectivity index (χ1n) is 7.95. The van der Waals surface area contributed by atoms with Crippen LogP contribution in [0.1, 0.15) is 22.3 Å². The lowest BCUT2D eigenvalue weighted by Crippen LogP contribution is -2.15. The van der Waals surface area contributed by atoms with Gasteiger partial charge in [0.05, 0.1) is 19.9 Å². The number of methoxy groups -OCH3 is 2. The quantitative estimate of drug-likeness (QED) is 0.599. The predicted octanol–water partition coefficient (Wildman–Crippen LogP) is 3.26. The van der Waals surface area contributed by atoms with Crippen LogP contribution in [-0.2, 0) is 16.4 Å². The van der Waals surface area contributed by atoms with E-state index in [-0.39, 0.29) is 34.9 Å². The molecule has 0 aliphatic rings. The standard InChI is InChI=1S/C18H22ClNO6S/c1-10-5-14(25-3)7-12(17(10)21)6-13-8-15(26-4)16(11(2)18(13)22)20-27(23,24)9-19/h5,7-8,20-22H,6,9H2,1-4H3. The molecule has 3 N–H and O–H groups in total. The smallest absolute Gasteiger partial charge is 0.246 e. The maximum absolute atomic E-state index is 11.8. The van der Waals surface area contributed by atoms with Crippen LogP contribution in [-0.4, -0.2) is 38.1 Å². The third kappa shape index (κ3) is 4.51. The molecule has 0 bridgehead atoms. The maximum Gasteiger partial charge on any atom is 0.246 e. The average molecular weight is 416 g/mol. The van der Waals surface area contributed by atoms with E-state index >= 15 is 0 Å².